The Morgan fingerprint density at radius 3 is 2.48 bits per heavy atom. The van der Waals surface area contributed by atoms with E-state index in [0.717, 1.165) is 31.2 Å². The van der Waals surface area contributed by atoms with Crippen molar-refractivity contribution >= 4 is 11.8 Å². The summed E-state index contributed by atoms with van der Waals surface area (Å²) in [6.45, 7) is 6.72. The second kappa shape index (κ2) is 9.59. The third-order valence-electron chi connectivity index (χ3n) is 5.55. The summed E-state index contributed by atoms with van der Waals surface area (Å²) < 4.78 is 0. The van der Waals surface area contributed by atoms with Gasteiger partial charge in [-0.2, -0.15) is 0 Å². The smallest absolute Gasteiger partial charge is 0.243 e. The maximum Gasteiger partial charge on any atom is 0.243 e. The standard InChI is InChI=1S/C21H32N2O2/c1-4-15(2)19(21(25)22-14-17-11-6-5-7-12-17)23-20(24)18-13-9-8-10-16(18)3/h5-7,11-12,15-16,18-19H,4,8-10,13-14H2,1-3H3,(H,22,25)(H,23,24)/t15-,16-,18+,19-/m0/s1. The van der Waals surface area contributed by atoms with Crippen molar-refractivity contribution in [2.24, 2.45) is 17.8 Å². The van der Waals surface area contributed by atoms with Crippen molar-refractivity contribution in [3.8, 4) is 0 Å². The lowest BCUT2D eigenvalue weighted by Crippen LogP contribution is -2.52. The van der Waals surface area contributed by atoms with E-state index in [1.54, 1.807) is 0 Å². The topological polar surface area (TPSA) is 58.2 Å². The Hall–Kier alpha value is -1.84. The minimum atomic E-state index is -0.463. The zero-order valence-electron chi connectivity index (χ0n) is 15.8. The Morgan fingerprint density at radius 1 is 1.16 bits per heavy atom. The Kier molecular flexibility index (Phi) is 7.48. The molecule has 2 rings (SSSR count). The van der Waals surface area contributed by atoms with E-state index in [1.165, 1.54) is 6.42 Å². The number of nitrogens with one attached hydrogen (secondary N) is 2. The molecular formula is C21H32N2O2. The lowest BCUT2D eigenvalue weighted by Gasteiger charge is -2.31. The SMILES string of the molecule is CC[C@H](C)[C@H](NC(=O)[C@@H]1CCCC[C@@H]1C)C(=O)NCc1ccccc1. The number of carbonyl (C=O) groups excluding carboxylic acids is 2. The third-order valence-corrected chi connectivity index (χ3v) is 5.55. The van der Waals surface area contributed by atoms with E-state index < -0.39 is 6.04 Å². The number of carbonyl (C=O) groups is 2. The first-order valence-corrected chi connectivity index (χ1v) is 9.65. The van der Waals surface area contributed by atoms with E-state index in [2.05, 4.69) is 24.5 Å². The molecule has 2 N–H and O–H groups in total. The first-order valence-electron chi connectivity index (χ1n) is 9.65. The van der Waals surface area contributed by atoms with E-state index in [0.29, 0.717) is 12.5 Å². The molecule has 0 unspecified atom stereocenters. The third kappa shape index (κ3) is 5.58. The summed E-state index contributed by atoms with van der Waals surface area (Å²) >= 11 is 0. The molecule has 4 heteroatoms. The van der Waals surface area contributed by atoms with Gasteiger partial charge in [0.1, 0.15) is 6.04 Å². The van der Waals surface area contributed by atoms with E-state index in [9.17, 15) is 9.59 Å². The second-order valence-electron chi connectivity index (χ2n) is 7.44. The molecule has 2 amide bonds. The van der Waals surface area contributed by atoms with Crippen LogP contribution in [0.1, 0.15) is 58.4 Å². The molecule has 0 heterocycles. The van der Waals surface area contributed by atoms with Crippen LogP contribution in [0.3, 0.4) is 0 Å². The van der Waals surface area contributed by atoms with Gasteiger partial charge in [0.2, 0.25) is 11.8 Å². The van der Waals surface area contributed by atoms with Crippen molar-refractivity contribution in [1.29, 1.82) is 0 Å². The predicted molar refractivity (Wildman–Crippen MR) is 101 cm³/mol. The monoisotopic (exact) mass is 344 g/mol. The Morgan fingerprint density at radius 2 is 1.84 bits per heavy atom. The Labute approximate surface area is 151 Å². The minimum absolute atomic E-state index is 0.0437. The van der Waals surface area contributed by atoms with E-state index in [-0.39, 0.29) is 23.7 Å². The molecule has 1 fully saturated rings. The second-order valence-corrected chi connectivity index (χ2v) is 7.44. The first kappa shape index (κ1) is 19.5. The molecule has 0 bridgehead atoms. The normalized spacial score (nSPS) is 22.7. The van der Waals surface area contributed by atoms with Crippen LogP contribution in [0, 0.1) is 17.8 Å². The van der Waals surface area contributed by atoms with Gasteiger partial charge in [-0.3, -0.25) is 9.59 Å². The highest BCUT2D eigenvalue weighted by Crippen LogP contribution is 2.29. The van der Waals surface area contributed by atoms with Gasteiger partial charge in [-0.1, -0.05) is 70.4 Å². The van der Waals surface area contributed by atoms with Gasteiger partial charge < -0.3 is 10.6 Å². The van der Waals surface area contributed by atoms with Gasteiger partial charge in [-0.25, -0.2) is 0 Å². The minimum Gasteiger partial charge on any atom is -0.350 e. The fourth-order valence-electron chi connectivity index (χ4n) is 3.56. The first-order chi connectivity index (χ1) is 12.0. The van der Waals surface area contributed by atoms with Crippen molar-refractivity contribution in [3.63, 3.8) is 0 Å². The number of rotatable bonds is 7. The Bertz CT molecular complexity index is 558. The van der Waals surface area contributed by atoms with Gasteiger partial charge in [0, 0.05) is 12.5 Å². The molecule has 4 atom stereocenters. The lowest BCUT2D eigenvalue weighted by atomic mass is 9.79. The highest BCUT2D eigenvalue weighted by atomic mass is 16.2. The largest absolute Gasteiger partial charge is 0.350 e. The van der Waals surface area contributed by atoms with Gasteiger partial charge in [-0.15, -0.1) is 0 Å². The quantitative estimate of drug-likeness (QED) is 0.793. The van der Waals surface area contributed by atoms with Crippen LogP contribution in [0.4, 0.5) is 0 Å². The highest BCUT2D eigenvalue weighted by molar-refractivity contribution is 5.88. The molecule has 1 aliphatic carbocycles. The molecule has 0 aromatic heterocycles. The molecule has 1 saturated carbocycles. The molecule has 0 saturated heterocycles. The summed E-state index contributed by atoms with van der Waals surface area (Å²) in [5, 5.41) is 6.03. The molecular weight excluding hydrogens is 312 g/mol. The van der Waals surface area contributed by atoms with Crippen LogP contribution >= 0.6 is 0 Å². The van der Waals surface area contributed by atoms with E-state index in [4.69, 9.17) is 0 Å². The molecule has 0 radical (unpaired) electrons. The van der Waals surface area contributed by atoms with Gasteiger partial charge in [0.05, 0.1) is 0 Å². The van der Waals surface area contributed by atoms with Crippen molar-refractivity contribution in [1.82, 2.24) is 10.6 Å². The van der Waals surface area contributed by atoms with Crippen LogP contribution in [0.25, 0.3) is 0 Å². The van der Waals surface area contributed by atoms with Crippen LogP contribution in [0.15, 0.2) is 30.3 Å². The summed E-state index contributed by atoms with van der Waals surface area (Å²) in [5.74, 6) is 0.516. The molecule has 1 aromatic rings. The van der Waals surface area contributed by atoms with Crippen LogP contribution in [-0.2, 0) is 16.1 Å². The Balaban J connectivity index is 1.97. The number of hydrogen-bond acceptors (Lipinski definition) is 2. The number of benzene rings is 1. The van der Waals surface area contributed by atoms with Crippen LogP contribution < -0.4 is 10.6 Å². The van der Waals surface area contributed by atoms with Crippen LogP contribution in [0.5, 0.6) is 0 Å². The summed E-state index contributed by atoms with van der Waals surface area (Å²) in [5.41, 5.74) is 1.06. The summed E-state index contributed by atoms with van der Waals surface area (Å²) in [6.07, 6.45) is 5.20. The fourth-order valence-corrected chi connectivity index (χ4v) is 3.56. The molecule has 0 aliphatic heterocycles. The summed E-state index contributed by atoms with van der Waals surface area (Å²) in [7, 11) is 0. The molecule has 4 nitrogen and oxygen atoms in total. The predicted octanol–water partition coefficient (Wildman–Crippen LogP) is 3.66. The van der Waals surface area contributed by atoms with E-state index >= 15 is 0 Å². The van der Waals surface area contributed by atoms with Crippen molar-refractivity contribution in [2.45, 2.75) is 65.5 Å². The number of hydrogen-bond donors (Lipinski definition) is 2. The summed E-state index contributed by atoms with van der Waals surface area (Å²) in [6, 6.07) is 9.38. The van der Waals surface area contributed by atoms with Crippen molar-refractivity contribution in [3.05, 3.63) is 35.9 Å². The molecule has 138 valence electrons. The van der Waals surface area contributed by atoms with E-state index in [1.807, 2.05) is 37.3 Å². The number of amides is 2. The molecule has 1 aromatic carbocycles. The zero-order chi connectivity index (χ0) is 18.2. The van der Waals surface area contributed by atoms with Gasteiger partial charge >= 0.3 is 0 Å². The maximum atomic E-state index is 12.7. The van der Waals surface area contributed by atoms with Crippen LogP contribution in [0.2, 0.25) is 0 Å². The van der Waals surface area contributed by atoms with Gasteiger partial charge in [0.15, 0.2) is 0 Å². The molecule has 1 aliphatic rings. The lowest BCUT2D eigenvalue weighted by molar-refractivity contribution is -0.134. The van der Waals surface area contributed by atoms with Gasteiger partial charge in [-0.05, 0) is 30.2 Å². The average Bonchev–Trinajstić information content (AvgIpc) is 2.64. The maximum absolute atomic E-state index is 12.7. The fraction of sp³-hybridized carbons (Fsp3) is 0.619. The zero-order valence-corrected chi connectivity index (χ0v) is 15.8. The van der Waals surface area contributed by atoms with Crippen molar-refractivity contribution in [2.75, 3.05) is 0 Å². The van der Waals surface area contributed by atoms with Gasteiger partial charge in [0.25, 0.3) is 0 Å². The van der Waals surface area contributed by atoms with Crippen molar-refractivity contribution < 1.29 is 9.59 Å². The van der Waals surface area contributed by atoms with Crippen LogP contribution in [-0.4, -0.2) is 17.9 Å². The molecule has 25 heavy (non-hydrogen) atoms. The molecule has 0 spiro atoms. The average molecular weight is 344 g/mol. The highest BCUT2D eigenvalue weighted by Gasteiger charge is 2.32. The summed E-state index contributed by atoms with van der Waals surface area (Å²) in [4.78, 5) is 25.4.